The van der Waals surface area contributed by atoms with Crippen LogP contribution in [0.4, 0.5) is 4.79 Å². The molecule has 30 heavy (non-hydrogen) atoms. The lowest BCUT2D eigenvalue weighted by atomic mass is 9.85. The Morgan fingerprint density at radius 3 is 2.50 bits per heavy atom. The summed E-state index contributed by atoms with van der Waals surface area (Å²) >= 11 is 0. The quantitative estimate of drug-likeness (QED) is 0.562. The minimum atomic E-state index is -0.432. The van der Waals surface area contributed by atoms with Crippen LogP contribution in [-0.4, -0.2) is 30.6 Å². The molecule has 1 aromatic rings. The summed E-state index contributed by atoms with van der Waals surface area (Å²) in [7, 11) is 0. The molecule has 0 aliphatic heterocycles. The van der Waals surface area contributed by atoms with Gasteiger partial charge in [0.05, 0.1) is 0 Å². The van der Waals surface area contributed by atoms with Crippen molar-refractivity contribution in [3.05, 3.63) is 29.8 Å². The summed E-state index contributed by atoms with van der Waals surface area (Å²) in [5.41, 5.74) is 1.02. The minimum Gasteiger partial charge on any atom is -0.483 e. The molecule has 2 aliphatic carbocycles. The number of rotatable bonds is 9. The van der Waals surface area contributed by atoms with Gasteiger partial charge in [-0.3, -0.25) is 10.1 Å². The first-order valence-corrected chi connectivity index (χ1v) is 11.6. The van der Waals surface area contributed by atoms with Crippen LogP contribution in [-0.2, 0) is 11.3 Å². The van der Waals surface area contributed by atoms with Crippen LogP contribution < -0.4 is 20.7 Å². The molecule has 0 aromatic heterocycles. The van der Waals surface area contributed by atoms with E-state index in [1.807, 2.05) is 24.3 Å². The molecule has 6 heteroatoms. The average molecular weight is 416 g/mol. The van der Waals surface area contributed by atoms with Crippen LogP contribution in [0.3, 0.4) is 0 Å². The molecule has 1 aromatic carbocycles. The lowest BCUT2D eigenvalue weighted by molar-refractivity contribution is -0.122. The fraction of sp³-hybridized carbons (Fsp3) is 0.667. The van der Waals surface area contributed by atoms with Crippen LogP contribution in [0, 0.1) is 5.92 Å². The molecular weight excluding hydrogens is 378 g/mol. The van der Waals surface area contributed by atoms with Crippen LogP contribution in [0.1, 0.15) is 76.7 Å². The highest BCUT2D eigenvalue weighted by molar-refractivity contribution is 5.95. The van der Waals surface area contributed by atoms with E-state index in [4.69, 9.17) is 4.74 Å². The van der Waals surface area contributed by atoms with E-state index in [1.165, 1.54) is 38.5 Å². The zero-order valence-electron chi connectivity index (χ0n) is 18.3. The summed E-state index contributed by atoms with van der Waals surface area (Å²) in [5, 5.41) is 8.81. The van der Waals surface area contributed by atoms with Gasteiger partial charge in [0.2, 0.25) is 0 Å². The summed E-state index contributed by atoms with van der Waals surface area (Å²) in [4.78, 5) is 24.0. The number of benzene rings is 1. The Labute approximate surface area is 180 Å². The summed E-state index contributed by atoms with van der Waals surface area (Å²) in [5.74, 6) is 1.09. The number of urea groups is 1. The van der Waals surface area contributed by atoms with Gasteiger partial charge < -0.3 is 15.4 Å². The average Bonchev–Trinajstić information content (AvgIpc) is 3.25. The first-order valence-electron chi connectivity index (χ1n) is 11.6. The zero-order chi connectivity index (χ0) is 21.2. The van der Waals surface area contributed by atoms with Gasteiger partial charge in [-0.2, -0.15) is 0 Å². The monoisotopic (exact) mass is 415 g/mol. The molecule has 0 heterocycles. The van der Waals surface area contributed by atoms with Gasteiger partial charge in [-0.15, -0.1) is 0 Å². The van der Waals surface area contributed by atoms with Gasteiger partial charge in [-0.1, -0.05) is 63.1 Å². The Bertz CT molecular complexity index is 682. The second kappa shape index (κ2) is 11.9. The number of carbonyl (C=O) groups is 2. The smallest absolute Gasteiger partial charge is 0.321 e. The number of para-hydroxylation sites is 1. The van der Waals surface area contributed by atoms with Crippen LogP contribution in [0.15, 0.2) is 24.3 Å². The largest absolute Gasteiger partial charge is 0.483 e. The van der Waals surface area contributed by atoms with Crippen LogP contribution in [0.25, 0.3) is 0 Å². The minimum absolute atomic E-state index is 0.174. The van der Waals surface area contributed by atoms with Gasteiger partial charge in [0, 0.05) is 24.2 Å². The van der Waals surface area contributed by atoms with E-state index in [0.717, 1.165) is 37.2 Å². The first kappa shape index (κ1) is 22.6. The zero-order valence-corrected chi connectivity index (χ0v) is 18.3. The molecule has 6 nitrogen and oxygen atoms in total. The molecule has 2 aliphatic rings. The highest BCUT2D eigenvalue weighted by atomic mass is 16.5. The number of amides is 3. The van der Waals surface area contributed by atoms with E-state index in [9.17, 15) is 9.59 Å². The maximum atomic E-state index is 12.1. The van der Waals surface area contributed by atoms with E-state index in [1.54, 1.807) is 0 Å². The lowest BCUT2D eigenvalue weighted by Crippen LogP contribution is -2.45. The molecule has 2 saturated carbocycles. The van der Waals surface area contributed by atoms with Gasteiger partial charge in [0.1, 0.15) is 5.75 Å². The van der Waals surface area contributed by atoms with Crippen molar-refractivity contribution in [2.75, 3.05) is 6.61 Å². The van der Waals surface area contributed by atoms with E-state index in [-0.39, 0.29) is 12.6 Å². The third kappa shape index (κ3) is 7.63. The maximum Gasteiger partial charge on any atom is 0.321 e. The standard InChI is InChI=1S/C24H37N3O3/c1-18(15-19-9-3-2-4-10-19)25-16-20-11-5-8-14-22(20)30-17-23(28)27-24(29)26-21-12-6-7-13-21/h5,8,11,14,18-19,21,25H,2-4,6-7,9-10,12-13,15-17H2,1H3,(H2,26,27,28,29). The highest BCUT2D eigenvalue weighted by Crippen LogP contribution is 2.27. The van der Waals surface area contributed by atoms with Crippen LogP contribution in [0.5, 0.6) is 5.75 Å². The molecular formula is C24H37N3O3. The molecule has 1 atom stereocenters. The number of imide groups is 1. The maximum absolute atomic E-state index is 12.1. The fourth-order valence-electron chi connectivity index (χ4n) is 4.68. The third-order valence-electron chi connectivity index (χ3n) is 6.33. The Morgan fingerprint density at radius 1 is 1.03 bits per heavy atom. The van der Waals surface area contributed by atoms with Crippen LogP contribution >= 0.6 is 0 Å². The van der Waals surface area contributed by atoms with E-state index in [2.05, 4.69) is 22.9 Å². The Hall–Kier alpha value is -2.08. The lowest BCUT2D eigenvalue weighted by Gasteiger charge is -2.25. The van der Waals surface area contributed by atoms with Gasteiger partial charge in [0.25, 0.3) is 5.91 Å². The Kier molecular flexibility index (Phi) is 9.00. The molecule has 0 bridgehead atoms. The predicted octanol–water partition coefficient (Wildman–Crippen LogP) is 4.28. The van der Waals surface area contributed by atoms with Crippen molar-refractivity contribution >= 4 is 11.9 Å². The van der Waals surface area contributed by atoms with Crippen molar-refractivity contribution < 1.29 is 14.3 Å². The van der Waals surface area contributed by atoms with Crippen LogP contribution in [0.2, 0.25) is 0 Å². The number of carbonyl (C=O) groups excluding carboxylic acids is 2. The molecule has 3 N–H and O–H groups in total. The van der Waals surface area contributed by atoms with E-state index in [0.29, 0.717) is 18.3 Å². The number of hydrogen-bond acceptors (Lipinski definition) is 4. The summed E-state index contributed by atoms with van der Waals surface area (Å²) < 4.78 is 5.72. The van der Waals surface area contributed by atoms with Gasteiger partial charge >= 0.3 is 6.03 Å². The van der Waals surface area contributed by atoms with Crippen molar-refractivity contribution in [1.82, 2.24) is 16.0 Å². The normalized spacial score (nSPS) is 18.7. The van der Waals surface area contributed by atoms with Crippen molar-refractivity contribution in [3.8, 4) is 5.75 Å². The molecule has 1 unspecified atom stereocenters. The highest BCUT2D eigenvalue weighted by Gasteiger charge is 2.19. The summed E-state index contributed by atoms with van der Waals surface area (Å²) in [6.45, 7) is 2.77. The first-order chi connectivity index (χ1) is 14.6. The van der Waals surface area contributed by atoms with Crippen molar-refractivity contribution in [3.63, 3.8) is 0 Å². The van der Waals surface area contributed by atoms with Gasteiger partial charge in [0.15, 0.2) is 6.61 Å². The topological polar surface area (TPSA) is 79.5 Å². The predicted molar refractivity (Wildman–Crippen MR) is 118 cm³/mol. The second-order valence-corrected chi connectivity index (χ2v) is 8.92. The van der Waals surface area contributed by atoms with Gasteiger partial charge in [-0.25, -0.2) is 4.79 Å². The molecule has 166 valence electrons. The Morgan fingerprint density at radius 2 is 1.73 bits per heavy atom. The molecule has 2 fully saturated rings. The Balaban J connectivity index is 1.40. The fourth-order valence-corrected chi connectivity index (χ4v) is 4.68. The third-order valence-corrected chi connectivity index (χ3v) is 6.33. The van der Waals surface area contributed by atoms with Crippen molar-refractivity contribution in [2.45, 2.75) is 89.8 Å². The molecule has 0 saturated heterocycles. The number of hydrogen-bond donors (Lipinski definition) is 3. The SMILES string of the molecule is CC(CC1CCCCC1)NCc1ccccc1OCC(=O)NC(=O)NC1CCCC1. The molecule has 3 rings (SSSR count). The second-order valence-electron chi connectivity index (χ2n) is 8.92. The molecule has 0 radical (unpaired) electrons. The van der Waals surface area contributed by atoms with E-state index >= 15 is 0 Å². The summed E-state index contributed by atoms with van der Waals surface area (Å²) in [6.07, 6.45) is 12.3. The number of nitrogens with one attached hydrogen (secondary N) is 3. The molecule has 0 spiro atoms. The molecule has 3 amide bonds. The van der Waals surface area contributed by atoms with Crippen molar-refractivity contribution in [2.24, 2.45) is 5.92 Å². The van der Waals surface area contributed by atoms with E-state index < -0.39 is 11.9 Å². The van der Waals surface area contributed by atoms with Gasteiger partial charge in [-0.05, 0) is 38.2 Å². The van der Waals surface area contributed by atoms with Crippen molar-refractivity contribution in [1.29, 1.82) is 0 Å². The number of ether oxygens (including phenoxy) is 1. The summed E-state index contributed by atoms with van der Waals surface area (Å²) in [6, 6.07) is 7.96.